The molecule has 0 bridgehead atoms. The third kappa shape index (κ3) is 3.56. The molecule has 1 aromatic carbocycles. The van der Waals surface area contributed by atoms with Crippen LogP contribution >= 0.6 is 0 Å². The molecule has 5 rings (SSSR count). The Labute approximate surface area is 180 Å². The summed E-state index contributed by atoms with van der Waals surface area (Å²) < 4.78 is 18.9. The molecule has 0 aliphatic carbocycles. The van der Waals surface area contributed by atoms with E-state index in [2.05, 4.69) is 21.9 Å². The highest BCUT2D eigenvalue weighted by Crippen LogP contribution is 2.35. The van der Waals surface area contributed by atoms with Gasteiger partial charge in [-0.1, -0.05) is 0 Å². The molecule has 0 amide bonds. The summed E-state index contributed by atoms with van der Waals surface area (Å²) >= 11 is 0. The zero-order valence-corrected chi connectivity index (χ0v) is 18.0. The highest BCUT2D eigenvalue weighted by Gasteiger charge is 2.30. The van der Waals surface area contributed by atoms with Crippen molar-refractivity contribution < 1.29 is 14.2 Å². The van der Waals surface area contributed by atoms with Crippen molar-refractivity contribution in [2.75, 3.05) is 24.7 Å². The van der Waals surface area contributed by atoms with Gasteiger partial charge >= 0.3 is 0 Å². The van der Waals surface area contributed by atoms with Crippen LogP contribution in [0.2, 0.25) is 0 Å². The van der Waals surface area contributed by atoms with Gasteiger partial charge in [0.15, 0.2) is 23.0 Å². The zero-order chi connectivity index (χ0) is 21.5. The minimum absolute atomic E-state index is 0.0973. The number of ether oxygens (including phenoxy) is 3. The highest BCUT2D eigenvalue weighted by atomic mass is 16.6. The van der Waals surface area contributed by atoms with Gasteiger partial charge in [-0.25, -0.2) is 4.98 Å². The Morgan fingerprint density at radius 1 is 1.10 bits per heavy atom. The molecule has 0 unspecified atom stereocenters. The predicted molar refractivity (Wildman–Crippen MR) is 117 cm³/mol. The predicted octanol–water partition coefficient (Wildman–Crippen LogP) is 2.91. The van der Waals surface area contributed by atoms with Gasteiger partial charge in [0.1, 0.15) is 25.1 Å². The van der Waals surface area contributed by atoms with Crippen LogP contribution in [-0.4, -0.2) is 46.5 Å². The normalized spacial score (nSPS) is 20.7. The van der Waals surface area contributed by atoms with Gasteiger partial charge < -0.3 is 19.1 Å². The number of piperidine rings is 1. The van der Waals surface area contributed by atoms with Crippen LogP contribution in [-0.2, 0) is 0 Å². The number of benzene rings is 1. The topological polar surface area (TPSA) is 78.2 Å². The van der Waals surface area contributed by atoms with Gasteiger partial charge in [0.25, 0.3) is 5.56 Å². The Morgan fingerprint density at radius 3 is 2.71 bits per heavy atom. The molecule has 0 spiro atoms. The van der Waals surface area contributed by atoms with Crippen LogP contribution in [0.1, 0.15) is 30.9 Å². The van der Waals surface area contributed by atoms with Gasteiger partial charge in [0.05, 0.1) is 0 Å². The molecule has 1 fully saturated rings. The molecule has 2 aliphatic rings. The second-order valence-corrected chi connectivity index (χ2v) is 8.20. The van der Waals surface area contributed by atoms with Crippen molar-refractivity contribution in [3.05, 3.63) is 51.9 Å². The molecule has 2 aliphatic heterocycles. The largest absolute Gasteiger partial charge is 0.490 e. The molecule has 1 saturated heterocycles. The molecule has 2 atom stereocenters. The van der Waals surface area contributed by atoms with E-state index in [1.807, 2.05) is 32.0 Å². The second kappa shape index (κ2) is 7.76. The lowest BCUT2D eigenvalue weighted by Gasteiger charge is -2.39. The summed E-state index contributed by atoms with van der Waals surface area (Å²) in [4.78, 5) is 18.9. The minimum atomic E-state index is -0.168. The van der Waals surface area contributed by atoms with E-state index >= 15 is 0 Å². The van der Waals surface area contributed by atoms with Gasteiger partial charge in [-0.3, -0.25) is 4.79 Å². The van der Waals surface area contributed by atoms with Crippen LogP contribution in [0.4, 0.5) is 5.82 Å². The van der Waals surface area contributed by atoms with E-state index in [-0.39, 0.29) is 17.7 Å². The molecule has 2 aromatic heterocycles. The summed E-state index contributed by atoms with van der Waals surface area (Å²) in [5.74, 6) is 3.13. The minimum Gasteiger partial charge on any atom is -0.490 e. The Morgan fingerprint density at radius 2 is 1.90 bits per heavy atom. The molecule has 0 saturated carbocycles. The van der Waals surface area contributed by atoms with Crippen LogP contribution < -0.4 is 24.7 Å². The first-order valence-electron chi connectivity index (χ1n) is 10.7. The van der Waals surface area contributed by atoms with E-state index in [4.69, 9.17) is 14.2 Å². The quantitative estimate of drug-likeness (QED) is 0.642. The van der Waals surface area contributed by atoms with E-state index in [1.54, 1.807) is 0 Å². The maximum absolute atomic E-state index is 12.3. The van der Waals surface area contributed by atoms with Gasteiger partial charge in [-0.2, -0.15) is 4.52 Å². The van der Waals surface area contributed by atoms with Crippen molar-refractivity contribution in [1.29, 1.82) is 0 Å². The zero-order valence-electron chi connectivity index (χ0n) is 18.0. The smallest absolute Gasteiger partial charge is 0.274 e. The Bertz CT molecular complexity index is 1190. The van der Waals surface area contributed by atoms with Crippen molar-refractivity contribution in [1.82, 2.24) is 14.6 Å². The summed E-state index contributed by atoms with van der Waals surface area (Å²) in [7, 11) is 0. The summed E-state index contributed by atoms with van der Waals surface area (Å²) in [5.41, 5.74) is 2.47. The summed E-state index contributed by atoms with van der Waals surface area (Å²) in [6.45, 7) is 8.14. The molecule has 162 valence electrons. The van der Waals surface area contributed by atoms with E-state index in [9.17, 15) is 4.79 Å². The average Bonchev–Trinajstić information content (AvgIpc) is 2.77. The number of hydrogen-bond donors (Lipinski definition) is 0. The van der Waals surface area contributed by atoms with Gasteiger partial charge in [-0.15, -0.1) is 5.10 Å². The van der Waals surface area contributed by atoms with Crippen LogP contribution in [0, 0.1) is 13.8 Å². The fraction of sp³-hybridized carbons (Fsp3) is 0.435. The highest BCUT2D eigenvalue weighted by molar-refractivity contribution is 5.59. The van der Waals surface area contributed by atoms with Crippen molar-refractivity contribution in [3.63, 3.8) is 0 Å². The SMILES string of the molecule is Cc1c(N2CC[C@H](Oc3ccc4c(c3)OCCO4)C[C@H]2C)nn2c(=O)ccnc2c1C. The number of aryl methyl sites for hydroxylation is 1. The third-order valence-corrected chi connectivity index (χ3v) is 6.17. The van der Waals surface area contributed by atoms with Crippen molar-refractivity contribution >= 4 is 11.5 Å². The van der Waals surface area contributed by atoms with Crippen LogP contribution in [0.25, 0.3) is 5.65 Å². The van der Waals surface area contributed by atoms with Crippen molar-refractivity contribution in [2.45, 2.75) is 45.8 Å². The second-order valence-electron chi connectivity index (χ2n) is 8.20. The lowest BCUT2D eigenvalue weighted by atomic mass is 9.99. The number of fused-ring (bicyclic) bond motifs is 2. The Kier molecular flexibility index (Phi) is 4.92. The first-order valence-corrected chi connectivity index (χ1v) is 10.7. The molecular formula is C23H26N4O4. The van der Waals surface area contributed by atoms with Crippen molar-refractivity contribution in [3.8, 4) is 17.2 Å². The average molecular weight is 422 g/mol. The van der Waals surface area contributed by atoms with E-state index in [1.165, 1.54) is 16.8 Å². The molecular weight excluding hydrogens is 396 g/mol. The molecule has 31 heavy (non-hydrogen) atoms. The third-order valence-electron chi connectivity index (χ3n) is 6.17. The van der Waals surface area contributed by atoms with E-state index in [0.29, 0.717) is 18.9 Å². The fourth-order valence-corrected chi connectivity index (χ4v) is 4.37. The standard InChI is InChI=1S/C23H26N4O4/c1-14-12-18(31-17-4-5-19-20(13-17)30-11-10-29-19)7-9-26(14)23-16(3)15(2)22-24-8-6-21(28)27(22)25-23/h4-6,8,13-14,18H,7,9-12H2,1-3H3/t14-,18+/m1/s1. The van der Waals surface area contributed by atoms with Gasteiger partial charge in [0.2, 0.25) is 0 Å². The van der Waals surface area contributed by atoms with Gasteiger partial charge in [-0.05, 0) is 32.9 Å². The number of anilines is 1. The van der Waals surface area contributed by atoms with Crippen molar-refractivity contribution in [2.24, 2.45) is 0 Å². The van der Waals surface area contributed by atoms with Crippen LogP contribution in [0.5, 0.6) is 17.2 Å². The summed E-state index contributed by atoms with van der Waals surface area (Å²) in [6.07, 6.45) is 3.35. The van der Waals surface area contributed by atoms with E-state index in [0.717, 1.165) is 53.6 Å². The van der Waals surface area contributed by atoms with E-state index < -0.39 is 0 Å². The molecule has 3 aromatic rings. The van der Waals surface area contributed by atoms with Gasteiger partial charge in [0, 0.05) is 54.9 Å². The lowest BCUT2D eigenvalue weighted by molar-refractivity contribution is 0.149. The molecule has 4 heterocycles. The maximum atomic E-state index is 12.3. The van der Waals surface area contributed by atoms with Crippen LogP contribution in [0.3, 0.4) is 0 Å². The lowest BCUT2D eigenvalue weighted by Crippen LogP contribution is -2.45. The number of hydrogen-bond acceptors (Lipinski definition) is 7. The first-order chi connectivity index (χ1) is 15.0. The fourth-order valence-electron chi connectivity index (χ4n) is 4.37. The first kappa shape index (κ1) is 19.7. The number of nitrogens with zero attached hydrogens (tertiary/aromatic N) is 4. The summed E-state index contributed by atoms with van der Waals surface area (Å²) in [6, 6.07) is 7.40. The van der Waals surface area contributed by atoms with Crippen LogP contribution in [0.15, 0.2) is 35.3 Å². The number of rotatable bonds is 3. The monoisotopic (exact) mass is 422 g/mol. The Hall–Kier alpha value is -3.29. The maximum Gasteiger partial charge on any atom is 0.274 e. The molecule has 8 nitrogen and oxygen atoms in total. The molecule has 8 heteroatoms. The molecule has 0 radical (unpaired) electrons. The number of aromatic nitrogens is 3. The Balaban J connectivity index is 1.35. The summed E-state index contributed by atoms with van der Waals surface area (Å²) in [5, 5.41) is 4.66. The molecule has 0 N–H and O–H groups in total.